The standard InChI is InChI=1S/C31H39N5O4/c1-21(14-22-6-9-29-30(15-22)39-20-38-29)17-34-18-23-4-2-3-5-25(23)26(19-34)31(37)36-12-10-35(11-13-36)24-7-8-27-28(16-24)33-40-32-27/h6-9,15-16,21,23,25-26H,2-5,10-14,17-20H2,1H3/t21-,23+,25-,26+/m0/s1. The SMILES string of the molecule is C[C@@H](Cc1ccc2c(c1)OCO2)CN1C[C@H]2CCCC[C@@H]2[C@H](C(=O)N2CCN(c3ccc4nonc4c3)CC2)C1. The Labute approximate surface area is 235 Å². The highest BCUT2D eigenvalue weighted by molar-refractivity contribution is 5.80. The lowest BCUT2D eigenvalue weighted by atomic mass is 9.69. The number of fused-ring (bicyclic) bond motifs is 3. The van der Waals surface area contributed by atoms with Gasteiger partial charge in [0.25, 0.3) is 0 Å². The quantitative estimate of drug-likeness (QED) is 0.455. The van der Waals surface area contributed by atoms with Crippen molar-refractivity contribution in [2.75, 3.05) is 57.5 Å². The van der Waals surface area contributed by atoms with Gasteiger partial charge in [0, 0.05) is 51.5 Å². The highest BCUT2D eigenvalue weighted by Gasteiger charge is 2.43. The maximum Gasteiger partial charge on any atom is 0.231 e. The summed E-state index contributed by atoms with van der Waals surface area (Å²) >= 11 is 0. The lowest BCUT2D eigenvalue weighted by Crippen LogP contribution is -2.57. The number of rotatable bonds is 6. The van der Waals surface area contributed by atoms with E-state index in [0.29, 0.717) is 30.5 Å². The summed E-state index contributed by atoms with van der Waals surface area (Å²) in [7, 11) is 0. The second-order valence-corrected chi connectivity index (χ2v) is 12.3. The zero-order valence-corrected chi connectivity index (χ0v) is 23.3. The molecule has 2 saturated heterocycles. The number of benzene rings is 2. The molecule has 1 saturated carbocycles. The van der Waals surface area contributed by atoms with Gasteiger partial charge >= 0.3 is 0 Å². The molecule has 9 heteroatoms. The third-order valence-corrected chi connectivity index (χ3v) is 9.53. The molecular weight excluding hydrogens is 506 g/mol. The molecule has 2 aromatic carbocycles. The number of carbonyl (C=O) groups excluding carboxylic acids is 1. The number of aromatic nitrogens is 2. The number of piperazine rings is 1. The van der Waals surface area contributed by atoms with E-state index in [1.807, 2.05) is 18.2 Å². The molecule has 0 spiro atoms. The number of hydrogen-bond acceptors (Lipinski definition) is 8. The summed E-state index contributed by atoms with van der Waals surface area (Å²) in [5.41, 5.74) is 3.94. The van der Waals surface area contributed by atoms with E-state index in [9.17, 15) is 4.79 Å². The second kappa shape index (κ2) is 10.9. The van der Waals surface area contributed by atoms with Crippen LogP contribution in [0.15, 0.2) is 41.0 Å². The van der Waals surface area contributed by atoms with Crippen LogP contribution < -0.4 is 14.4 Å². The van der Waals surface area contributed by atoms with Gasteiger partial charge in [-0.15, -0.1) is 0 Å². The number of likely N-dealkylation sites (tertiary alicyclic amines) is 1. The molecule has 0 bridgehead atoms. The summed E-state index contributed by atoms with van der Waals surface area (Å²) in [6.45, 7) is 8.89. The number of amides is 1. The number of piperidine rings is 1. The Hall–Kier alpha value is -3.33. The monoisotopic (exact) mass is 545 g/mol. The van der Waals surface area contributed by atoms with E-state index in [1.165, 1.54) is 31.2 Å². The summed E-state index contributed by atoms with van der Waals surface area (Å²) in [6, 6.07) is 12.4. The Bertz CT molecular complexity index is 1350. The highest BCUT2D eigenvalue weighted by Crippen LogP contribution is 2.41. The molecule has 0 radical (unpaired) electrons. The lowest BCUT2D eigenvalue weighted by molar-refractivity contribution is -0.142. The van der Waals surface area contributed by atoms with Crippen molar-refractivity contribution in [1.29, 1.82) is 0 Å². The summed E-state index contributed by atoms with van der Waals surface area (Å²) < 4.78 is 15.9. The molecule has 1 amide bonds. The lowest BCUT2D eigenvalue weighted by Gasteiger charge is -2.48. The van der Waals surface area contributed by atoms with Gasteiger partial charge in [-0.25, -0.2) is 4.63 Å². The van der Waals surface area contributed by atoms with E-state index in [2.05, 4.69) is 50.1 Å². The molecule has 3 fully saturated rings. The van der Waals surface area contributed by atoms with Gasteiger partial charge in [0.1, 0.15) is 11.0 Å². The average molecular weight is 546 g/mol. The maximum atomic E-state index is 14.0. The molecule has 1 aromatic heterocycles. The van der Waals surface area contributed by atoms with Gasteiger partial charge in [0.15, 0.2) is 11.5 Å². The van der Waals surface area contributed by atoms with Gasteiger partial charge in [-0.3, -0.25) is 4.79 Å². The number of carbonyl (C=O) groups is 1. The minimum absolute atomic E-state index is 0.112. The van der Waals surface area contributed by atoms with Crippen molar-refractivity contribution in [3.63, 3.8) is 0 Å². The number of ether oxygens (including phenoxy) is 2. The van der Waals surface area contributed by atoms with Crippen molar-refractivity contribution in [1.82, 2.24) is 20.1 Å². The van der Waals surface area contributed by atoms with Crippen LogP contribution in [0.5, 0.6) is 11.5 Å². The van der Waals surface area contributed by atoms with Gasteiger partial charge < -0.3 is 24.2 Å². The molecule has 7 rings (SSSR count). The summed E-state index contributed by atoms with van der Waals surface area (Å²) in [6.07, 6.45) is 6.02. The van der Waals surface area contributed by atoms with Crippen LogP contribution in [0.3, 0.4) is 0 Å². The van der Waals surface area contributed by atoms with E-state index >= 15 is 0 Å². The van der Waals surface area contributed by atoms with E-state index in [-0.39, 0.29) is 5.92 Å². The Kier molecular flexibility index (Phi) is 6.99. The van der Waals surface area contributed by atoms with Crippen LogP contribution in [-0.4, -0.2) is 78.6 Å². The first-order chi connectivity index (χ1) is 19.6. The van der Waals surface area contributed by atoms with E-state index in [1.54, 1.807) is 0 Å². The molecule has 3 aromatic rings. The molecule has 0 unspecified atom stereocenters. The Balaban J connectivity index is 0.988. The maximum absolute atomic E-state index is 14.0. The largest absolute Gasteiger partial charge is 0.454 e. The third-order valence-electron chi connectivity index (χ3n) is 9.53. The van der Waals surface area contributed by atoms with Gasteiger partial charge in [0.2, 0.25) is 12.7 Å². The first kappa shape index (κ1) is 25.6. The Morgan fingerprint density at radius 1 is 0.950 bits per heavy atom. The molecule has 4 aliphatic rings. The minimum atomic E-state index is 0.112. The molecule has 212 valence electrons. The molecule has 3 aliphatic heterocycles. The fourth-order valence-electron chi connectivity index (χ4n) is 7.59. The van der Waals surface area contributed by atoms with Gasteiger partial charge in [0.05, 0.1) is 5.92 Å². The zero-order chi connectivity index (χ0) is 27.1. The normalized spacial score (nSPS) is 25.7. The van der Waals surface area contributed by atoms with Crippen molar-refractivity contribution >= 4 is 22.6 Å². The molecule has 4 heterocycles. The average Bonchev–Trinajstić information content (AvgIpc) is 3.65. The number of anilines is 1. The zero-order valence-electron chi connectivity index (χ0n) is 23.3. The summed E-state index contributed by atoms with van der Waals surface area (Å²) in [5.74, 6) is 3.85. The van der Waals surface area contributed by atoms with Crippen LogP contribution in [-0.2, 0) is 11.2 Å². The fraction of sp³-hybridized carbons (Fsp3) is 0.581. The van der Waals surface area contributed by atoms with Crippen LogP contribution in [0.2, 0.25) is 0 Å². The molecule has 9 nitrogen and oxygen atoms in total. The van der Waals surface area contributed by atoms with Crippen molar-refractivity contribution in [3.05, 3.63) is 42.0 Å². The van der Waals surface area contributed by atoms with Crippen LogP contribution in [0.1, 0.15) is 38.2 Å². The first-order valence-electron chi connectivity index (χ1n) is 15.0. The van der Waals surface area contributed by atoms with Crippen molar-refractivity contribution < 1.29 is 18.9 Å². The Morgan fingerprint density at radius 2 is 1.77 bits per heavy atom. The van der Waals surface area contributed by atoms with Crippen LogP contribution in [0.4, 0.5) is 5.69 Å². The summed E-state index contributed by atoms with van der Waals surface area (Å²) in [5, 5.41) is 7.90. The number of nitrogens with zero attached hydrogens (tertiary/aromatic N) is 5. The predicted octanol–water partition coefficient (Wildman–Crippen LogP) is 4.22. The summed E-state index contributed by atoms with van der Waals surface area (Å²) in [4.78, 5) is 21.1. The Morgan fingerprint density at radius 3 is 2.67 bits per heavy atom. The van der Waals surface area contributed by atoms with Crippen LogP contribution in [0, 0.1) is 23.7 Å². The third kappa shape index (κ3) is 5.11. The van der Waals surface area contributed by atoms with E-state index in [4.69, 9.17) is 14.1 Å². The number of hydrogen-bond donors (Lipinski definition) is 0. The van der Waals surface area contributed by atoms with Gasteiger partial charge in [-0.1, -0.05) is 25.8 Å². The van der Waals surface area contributed by atoms with Crippen LogP contribution in [0.25, 0.3) is 11.0 Å². The van der Waals surface area contributed by atoms with Crippen molar-refractivity contribution in [2.45, 2.75) is 39.0 Å². The van der Waals surface area contributed by atoms with Gasteiger partial charge in [-0.2, -0.15) is 0 Å². The van der Waals surface area contributed by atoms with Crippen LogP contribution >= 0.6 is 0 Å². The minimum Gasteiger partial charge on any atom is -0.454 e. The van der Waals surface area contributed by atoms with E-state index in [0.717, 1.165) is 80.5 Å². The second-order valence-electron chi connectivity index (χ2n) is 12.3. The first-order valence-corrected chi connectivity index (χ1v) is 15.0. The highest BCUT2D eigenvalue weighted by atomic mass is 16.7. The molecular formula is C31H39N5O4. The van der Waals surface area contributed by atoms with Gasteiger partial charge in [-0.05, 0) is 83.2 Å². The predicted molar refractivity (Wildman–Crippen MR) is 151 cm³/mol. The van der Waals surface area contributed by atoms with E-state index < -0.39 is 0 Å². The fourth-order valence-corrected chi connectivity index (χ4v) is 7.59. The molecule has 0 N–H and O–H groups in total. The molecule has 40 heavy (non-hydrogen) atoms. The molecule has 4 atom stereocenters. The van der Waals surface area contributed by atoms with Crippen molar-refractivity contribution in [3.8, 4) is 11.5 Å². The smallest absolute Gasteiger partial charge is 0.231 e. The molecule has 1 aliphatic carbocycles. The van der Waals surface area contributed by atoms with Crippen molar-refractivity contribution in [2.24, 2.45) is 23.7 Å². The topological polar surface area (TPSA) is 84.2 Å².